The fourth-order valence-electron chi connectivity index (χ4n) is 1.53. The molecule has 0 amide bonds. The van der Waals surface area contributed by atoms with Crippen molar-refractivity contribution < 1.29 is 0 Å². The quantitative estimate of drug-likeness (QED) is 0.682. The smallest absolute Gasteiger partial charge is 0.000835 e. The molecule has 0 aliphatic heterocycles. The van der Waals surface area contributed by atoms with Gasteiger partial charge < -0.3 is 5.32 Å². The third-order valence-corrected chi connectivity index (χ3v) is 2.38. The Hall–Kier alpha value is -0.820. The predicted octanol–water partition coefficient (Wildman–Crippen LogP) is 2.93. The molecule has 1 nitrogen and oxygen atoms in total. The Morgan fingerprint density at radius 3 is 2.79 bits per heavy atom. The normalized spacial score (nSPS) is 10.4. The van der Waals surface area contributed by atoms with E-state index in [4.69, 9.17) is 0 Å². The highest BCUT2D eigenvalue weighted by atomic mass is 14.8. The Labute approximate surface area is 87.5 Å². The summed E-state index contributed by atoms with van der Waals surface area (Å²) in [5.74, 6) is 0. The van der Waals surface area contributed by atoms with Crippen molar-refractivity contribution in [3.05, 3.63) is 35.4 Å². The van der Waals surface area contributed by atoms with E-state index in [0.717, 1.165) is 19.5 Å². The highest BCUT2D eigenvalue weighted by Crippen LogP contribution is 2.03. The van der Waals surface area contributed by atoms with Gasteiger partial charge in [-0.25, -0.2) is 0 Å². The molecule has 0 saturated carbocycles. The van der Waals surface area contributed by atoms with Crippen LogP contribution in [0.5, 0.6) is 0 Å². The van der Waals surface area contributed by atoms with Crippen molar-refractivity contribution in [3.8, 4) is 0 Å². The standard InChI is InChI=1S/C13H21N/c1-3-4-9-14-10-8-13-7-5-6-12(2)11-13/h5-7,11,14H,3-4,8-10H2,1-2H3. The zero-order chi connectivity index (χ0) is 10.2. The Morgan fingerprint density at radius 1 is 1.21 bits per heavy atom. The first-order valence-electron chi connectivity index (χ1n) is 5.59. The van der Waals surface area contributed by atoms with Crippen molar-refractivity contribution in [2.75, 3.05) is 13.1 Å². The van der Waals surface area contributed by atoms with Gasteiger partial charge in [-0.2, -0.15) is 0 Å². The minimum Gasteiger partial charge on any atom is -0.316 e. The molecule has 78 valence electrons. The maximum Gasteiger partial charge on any atom is -0.000835 e. The predicted molar refractivity (Wildman–Crippen MR) is 62.7 cm³/mol. The summed E-state index contributed by atoms with van der Waals surface area (Å²) < 4.78 is 0. The van der Waals surface area contributed by atoms with E-state index in [1.807, 2.05) is 0 Å². The van der Waals surface area contributed by atoms with Crippen molar-refractivity contribution >= 4 is 0 Å². The average molecular weight is 191 g/mol. The summed E-state index contributed by atoms with van der Waals surface area (Å²) in [6, 6.07) is 8.75. The molecule has 0 aliphatic carbocycles. The molecule has 0 spiro atoms. The molecule has 1 N–H and O–H groups in total. The molecule has 0 heterocycles. The fourth-order valence-corrected chi connectivity index (χ4v) is 1.53. The van der Waals surface area contributed by atoms with Crippen molar-refractivity contribution in [3.63, 3.8) is 0 Å². The summed E-state index contributed by atoms with van der Waals surface area (Å²) in [7, 11) is 0. The topological polar surface area (TPSA) is 12.0 Å². The highest BCUT2D eigenvalue weighted by Gasteiger charge is 1.92. The molecule has 1 heteroatoms. The second kappa shape index (κ2) is 6.61. The maximum atomic E-state index is 3.45. The van der Waals surface area contributed by atoms with E-state index in [1.165, 1.54) is 24.0 Å². The lowest BCUT2D eigenvalue weighted by molar-refractivity contribution is 0.640. The van der Waals surface area contributed by atoms with Gasteiger partial charge in [0.1, 0.15) is 0 Å². The lowest BCUT2D eigenvalue weighted by Crippen LogP contribution is -2.18. The number of aryl methyl sites for hydroxylation is 1. The fraction of sp³-hybridized carbons (Fsp3) is 0.538. The van der Waals surface area contributed by atoms with Crippen LogP contribution in [0.25, 0.3) is 0 Å². The largest absolute Gasteiger partial charge is 0.316 e. The lowest BCUT2D eigenvalue weighted by atomic mass is 10.1. The molecule has 1 aromatic carbocycles. The van der Waals surface area contributed by atoms with Crippen molar-refractivity contribution in [1.29, 1.82) is 0 Å². The van der Waals surface area contributed by atoms with Gasteiger partial charge in [-0.3, -0.25) is 0 Å². The summed E-state index contributed by atoms with van der Waals surface area (Å²) in [6.45, 7) is 6.63. The van der Waals surface area contributed by atoms with Gasteiger partial charge in [0, 0.05) is 0 Å². The van der Waals surface area contributed by atoms with Crippen LogP contribution in [0, 0.1) is 6.92 Å². The number of hydrogen-bond acceptors (Lipinski definition) is 1. The van der Waals surface area contributed by atoms with E-state index in [-0.39, 0.29) is 0 Å². The zero-order valence-corrected chi connectivity index (χ0v) is 9.34. The summed E-state index contributed by atoms with van der Waals surface area (Å²) in [5.41, 5.74) is 2.80. The van der Waals surface area contributed by atoms with Gasteiger partial charge in [-0.15, -0.1) is 0 Å². The van der Waals surface area contributed by atoms with Crippen LogP contribution in [0.15, 0.2) is 24.3 Å². The van der Waals surface area contributed by atoms with Crippen LogP contribution >= 0.6 is 0 Å². The molecule has 14 heavy (non-hydrogen) atoms. The second-order valence-corrected chi connectivity index (χ2v) is 3.84. The number of benzene rings is 1. The number of hydrogen-bond donors (Lipinski definition) is 1. The van der Waals surface area contributed by atoms with Gasteiger partial charge in [-0.1, -0.05) is 43.2 Å². The lowest BCUT2D eigenvalue weighted by Gasteiger charge is -2.04. The molecular formula is C13H21N. The van der Waals surface area contributed by atoms with E-state index in [2.05, 4.69) is 43.4 Å². The van der Waals surface area contributed by atoms with E-state index in [1.54, 1.807) is 0 Å². The molecule has 0 atom stereocenters. The van der Waals surface area contributed by atoms with E-state index >= 15 is 0 Å². The average Bonchev–Trinajstić information content (AvgIpc) is 2.18. The van der Waals surface area contributed by atoms with Crippen molar-refractivity contribution in [2.24, 2.45) is 0 Å². The minimum absolute atomic E-state index is 1.10. The SMILES string of the molecule is CCCCNCCc1cccc(C)c1. The monoisotopic (exact) mass is 191 g/mol. The third kappa shape index (κ3) is 4.43. The van der Waals surface area contributed by atoms with E-state index in [9.17, 15) is 0 Å². The van der Waals surface area contributed by atoms with Crippen LogP contribution in [0.3, 0.4) is 0 Å². The van der Waals surface area contributed by atoms with Gasteiger partial charge in [0.2, 0.25) is 0 Å². The molecule has 0 unspecified atom stereocenters. The van der Waals surface area contributed by atoms with Gasteiger partial charge >= 0.3 is 0 Å². The zero-order valence-electron chi connectivity index (χ0n) is 9.34. The summed E-state index contributed by atoms with van der Waals surface area (Å²) in [4.78, 5) is 0. The van der Waals surface area contributed by atoms with Gasteiger partial charge in [-0.05, 0) is 38.4 Å². The van der Waals surface area contributed by atoms with E-state index in [0.29, 0.717) is 0 Å². The molecule has 0 aliphatic rings. The van der Waals surface area contributed by atoms with Crippen LogP contribution in [0.1, 0.15) is 30.9 Å². The maximum absolute atomic E-state index is 3.45. The van der Waals surface area contributed by atoms with Crippen LogP contribution in [0.2, 0.25) is 0 Å². The number of rotatable bonds is 6. The Bertz CT molecular complexity index is 255. The highest BCUT2D eigenvalue weighted by molar-refractivity contribution is 5.22. The Balaban J connectivity index is 2.18. The first kappa shape index (κ1) is 11.3. The Morgan fingerprint density at radius 2 is 2.07 bits per heavy atom. The molecule has 1 aromatic rings. The van der Waals surface area contributed by atoms with E-state index < -0.39 is 0 Å². The summed E-state index contributed by atoms with van der Waals surface area (Å²) in [5, 5.41) is 3.45. The molecule has 1 rings (SSSR count). The van der Waals surface area contributed by atoms with Crippen LogP contribution in [-0.4, -0.2) is 13.1 Å². The van der Waals surface area contributed by atoms with Crippen LogP contribution < -0.4 is 5.32 Å². The molecule has 0 aromatic heterocycles. The first-order valence-corrected chi connectivity index (χ1v) is 5.59. The molecule has 0 saturated heterocycles. The molecule has 0 bridgehead atoms. The number of unbranched alkanes of at least 4 members (excludes halogenated alkanes) is 1. The summed E-state index contributed by atoms with van der Waals surface area (Å²) in [6.07, 6.45) is 3.71. The molecule has 0 fully saturated rings. The van der Waals surface area contributed by atoms with Gasteiger partial charge in [0.05, 0.1) is 0 Å². The van der Waals surface area contributed by atoms with Crippen molar-refractivity contribution in [2.45, 2.75) is 33.1 Å². The molecule has 0 radical (unpaired) electrons. The molecular weight excluding hydrogens is 170 g/mol. The third-order valence-electron chi connectivity index (χ3n) is 2.38. The van der Waals surface area contributed by atoms with Gasteiger partial charge in [0.25, 0.3) is 0 Å². The minimum atomic E-state index is 1.10. The summed E-state index contributed by atoms with van der Waals surface area (Å²) >= 11 is 0. The number of nitrogens with one attached hydrogen (secondary N) is 1. The van der Waals surface area contributed by atoms with Crippen LogP contribution in [0.4, 0.5) is 0 Å². The van der Waals surface area contributed by atoms with Crippen molar-refractivity contribution in [1.82, 2.24) is 5.32 Å². The van der Waals surface area contributed by atoms with Gasteiger partial charge in [0.15, 0.2) is 0 Å². The first-order chi connectivity index (χ1) is 6.83. The Kier molecular flexibility index (Phi) is 5.31. The second-order valence-electron chi connectivity index (χ2n) is 3.84. The van der Waals surface area contributed by atoms with Crippen LogP contribution in [-0.2, 0) is 6.42 Å².